The molecule has 0 saturated carbocycles. The van der Waals surface area contributed by atoms with E-state index >= 15 is 0 Å². The molecule has 0 bridgehead atoms. The SMILES string of the molecule is CC(=O)C(CCCCNC(=O)CCCCC(C)C)NC(=O)C(CCCCNC(=O)CCCCC(C)C)NC(=O)CCCCC(C)C. The van der Waals surface area contributed by atoms with Crippen LogP contribution in [0.3, 0.4) is 0 Å². The quantitative estimate of drug-likeness (QED) is 0.0664. The Labute approximate surface area is 281 Å². The summed E-state index contributed by atoms with van der Waals surface area (Å²) >= 11 is 0. The van der Waals surface area contributed by atoms with Crippen LogP contribution < -0.4 is 21.3 Å². The van der Waals surface area contributed by atoms with Crippen molar-refractivity contribution in [3.63, 3.8) is 0 Å². The van der Waals surface area contributed by atoms with Gasteiger partial charge >= 0.3 is 0 Å². The van der Waals surface area contributed by atoms with Gasteiger partial charge in [0.05, 0.1) is 6.04 Å². The monoisotopic (exact) mass is 651 g/mol. The minimum atomic E-state index is -0.735. The lowest BCUT2D eigenvalue weighted by Crippen LogP contribution is -2.51. The minimum absolute atomic E-state index is 0.0539. The summed E-state index contributed by atoms with van der Waals surface area (Å²) in [4.78, 5) is 62.7. The lowest BCUT2D eigenvalue weighted by atomic mass is 10.0. The molecular formula is C37H70N4O5. The third kappa shape index (κ3) is 26.7. The van der Waals surface area contributed by atoms with E-state index in [1.165, 1.54) is 6.92 Å². The Hall–Kier alpha value is -2.45. The summed E-state index contributed by atoms with van der Waals surface area (Å²) in [5.74, 6) is 1.36. The Balaban J connectivity index is 4.78. The van der Waals surface area contributed by atoms with Crippen LogP contribution in [0.5, 0.6) is 0 Å². The highest BCUT2D eigenvalue weighted by Crippen LogP contribution is 2.11. The maximum atomic E-state index is 13.3. The molecule has 4 amide bonds. The molecule has 0 aromatic heterocycles. The lowest BCUT2D eigenvalue weighted by molar-refractivity contribution is -0.131. The molecule has 4 N–H and O–H groups in total. The molecule has 0 rings (SSSR count). The summed E-state index contributed by atoms with van der Waals surface area (Å²) in [6, 6.07) is -1.37. The molecule has 0 aromatic rings. The molecular weight excluding hydrogens is 580 g/mol. The Morgan fingerprint density at radius 1 is 0.435 bits per heavy atom. The van der Waals surface area contributed by atoms with Crippen LogP contribution in [-0.4, -0.2) is 54.6 Å². The molecule has 0 aromatic carbocycles. The number of hydrogen-bond donors (Lipinski definition) is 4. The highest BCUT2D eigenvalue weighted by Gasteiger charge is 2.25. The minimum Gasteiger partial charge on any atom is -0.356 e. The van der Waals surface area contributed by atoms with E-state index in [0.717, 1.165) is 64.2 Å². The van der Waals surface area contributed by atoms with Gasteiger partial charge in [0.2, 0.25) is 23.6 Å². The topological polar surface area (TPSA) is 133 Å². The molecule has 0 aliphatic heterocycles. The highest BCUT2D eigenvalue weighted by atomic mass is 16.2. The van der Waals surface area contributed by atoms with Crippen LogP contribution in [0.1, 0.15) is 164 Å². The maximum absolute atomic E-state index is 13.3. The van der Waals surface area contributed by atoms with Gasteiger partial charge in [0, 0.05) is 32.4 Å². The van der Waals surface area contributed by atoms with Crippen LogP contribution >= 0.6 is 0 Å². The second kappa shape index (κ2) is 27.6. The first-order valence-electron chi connectivity index (χ1n) is 18.4. The summed E-state index contributed by atoms with van der Waals surface area (Å²) in [5.41, 5.74) is 0. The number of carbonyl (C=O) groups is 5. The maximum Gasteiger partial charge on any atom is 0.243 e. The van der Waals surface area contributed by atoms with Gasteiger partial charge in [0.15, 0.2) is 5.78 Å². The van der Waals surface area contributed by atoms with Crippen molar-refractivity contribution in [1.82, 2.24) is 21.3 Å². The summed E-state index contributed by atoms with van der Waals surface area (Å²) in [6.45, 7) is 15.6. The Kier molecular flexibility index (Phi) is 26.2. The zero-order valence-corrected chi connectivity index (χ0v) is 30.6. The fraction of sp³-hybridized carbons (Fsp3) is 0.865. The first kappa shape index (κ1) is 43.5. The summed E-state index contributed by atoms with van der Waals surface area (Å²) in [5, 5.41) is 11.7. The molecule has 2 unspecified atom stereocenters. The molecule has 0 radical (unpaired) electrons. The second-order valence-electron chi connectivity index (χ2n) is 14.4. The van der Waals surface area contributed by atoms with Gasteiger partial charge in [0.1, 0.15) is 6.04 Å². The number of nitrogens with one attached hydrogen (secondary N) is 4. The van der Waals surface area contributed by atoms with Gasteiger partial charge in [-0.2, -0.15) is 0 Å². The number of unbranched alkanes of at least 4 members (excludes halogenated alkanes) is 5. The van der Waals surface area contributed by atoms with E-state index in [4.69, 9.17) is 0 Å². The van der Waals surface area contributed by atoms with E-state index in [1.807, 2.05) is 0 Å². The zero-order valence-electron chi connectivity index (χ0n) is 30.6. The number of ketones is 1. The lowest BCUT2D eigenvalue weighted by Gasteiger charge is -2.22. The number of carbonyl (C=O) groups excluding carboxylic acids is 5. The van der Waals surface area contributed by atoms with Crippen molar-refractivity contribution in [2.24, 2.45) is 17.8 Å². The molecule has 0 aliphatic carbocycles. The van der Waals surface area contributed by atoms with Gasteiger partial charge in [-0.3, -0.25) is 24.0 Å². The second-order valence-corrected chi connectivity index (χ2v) is 14.4. The summed E-state index contributed by atoms with van der Waals surface area (Å²) in [6.07, 6.45) is 14.0. The average Bonchev–Trinajstić information content (AvgIpc) is 2.97. The van der Waals surface area contributed by atoms with Gasteiger partial charge in [0.25, 0.3) is 0 Å². The third-order valence-electron chi connectivity index (χ3n) is 8.25. The number of rotatable bonds is 29. The molecule has 9 heteroatoms. The standard InChI is InChI=1S/C37H70N4O5/c1-28(2)18-8-11-23-34(43)38-26-16-14-21-32(31(7)42)41-37(46)33(40-36(45)25-13-10-20-30(5)6)22-15-17-27-39-35(44)24-12-9-19-29(3)4/h28-30,32-33H,8-27H2,1-7H3,(H,38,43)(H,39,44)(H,40,45)(H,41,46). The van der Waals surface area contributed by atoms with Crippen molar-refractivity contribution in [3.05, 3.63) is 0 Å². The van der Waals surface area contributed by atoms with Crippen molar-refractivity contribution in [2.75, 3.05) is 13.1 Å². The number of amides is 4. The number of hydrogen-bond acceptors (Lipinski definition) is 5. The van der Waals surface area contributed by atoms with Crippen molar-refractivity contribution in [3.8, 4) is 0 Å². The van der Waals surface area contributed by atoms with Crippen molar-refractivity contribution < 1.29 is 24.0 Å². The van der Waals surface area contributed by atoms with Gasteiger partial charge in [-0.1, -0.05) is 80.1 Å². The predicted octanol–water partition coefficient (Wildman–Crippen LogP) is 6.77. The molecule has 0 aliphatic rings. The van der Waals surface area contributed by atoms with Gasteiger partial charge in [-0.05, 0) is 82.5 Å². The van der Waals surface area contributed by atoms with Gasteiger partial charge in [-0.15, -0.1) is 0 Å². The van der Waals surface area contributed by atoms with Crippen LogP contribution in [0.15, 0.2) is 0 Å². The van der Waals surface area contributed by atoms with E-state index in [0.29, 0.717) is 82.2 Å². The van der Waals surface area contributed by atoms with Crippen molar-refractivity contribution in [2.45, 2.75) is 176 Å². The smallest absolute Gasteiger partial charge is 0.243 e. The van der Waals surface area contributed by atoms with E-state index in [1.54, 1.807) is 0 Å². The van der Waals surface area contributed by atoms with Crippen LogP contribution in [0, 0.1) is 17.8 Å². The third-order valence-corrected chi connectivity index (χ3v) is 8.25. The Bertz CT molecular complexity index is 859. The fourth-order valence-electron chi connectivity index (χ4n) is 5.28. The van der Waals surface area contributed by atoms with Gasteiger partial charge < -0.3 is 21.3 Å². The first-order valence-corrected chi connectivity index (χ1v) is 18.4. The van der Waals surface area contributed by atoms with E-state index in [2.05, 4.69) is 62.8 Å². The van der Waals surface area contributed by atoms with E-state index in [-0.39, 0.29) is 29.4 Å². The zero-order chi connectivity index (χ0) is 34.7. The molecule has 0 heterocycles. The highest BCUT2D eigenvalue weighted by molar-refractivity contribution is 5.92. The Morgan fingerprint density at radius 3 is 1.20 bits per heavy atom. The normalized spacial score (nSPS) is 12.7. The molecule has 0 saturated heterocycles. The van der Waals surface area contributed by atoms with Crippen LogP contribution in [0.4, 0.5) is 0 Å². The van der Waals surface area contributed by atoms with Crippen molar-refractivity contribution >= 4 is 29.4 Å². The molecule has 268 valence electrons. The molecule has 0 spiro atoms. The molecule has 0 fully saturated rings. The summed E-state index contributed by atoms with van der Waals surface area (Å²) in [7, 11) is 0. The average molecular weight is 651 g/mol. The van der Waals surface area contributed by atoms with E-state index < -0.39 is 12.1 Å². The predicted molar refractivity (Wildman–Crippen MR) is 188 cm³/mol. The molecule has 46 heavy (non-hydrogen) atoms. The fourth-order valence-corrected chi connectivity index (χ4v) is 5.28. The summed E-state index contributed by atoms with van der Waals surface area (Å²) < 4.78 is 0. The largest absolute Gasteiger partial charge is 0.356 e. The van der Waals surface area contributed by atoms with Crippen LogP contribution in [0.2, 0.25) is 0 Å². The number of Topliss-reactive ketones (excluding diaryl/α,β-unsaturated/α-hetero) is 1. The Morgan fingerprint density at radius 2 is 0.804 bits per heavy atom. The van der Waals surface area contributed by atoms with Crippen LogP contribution in [0.25, 0.3) is 0 Å². The van der Waals surface area contributed by atoms with Crippen molar-refractivity contribution in [1.29, 1.82) is 0 Å². The van der Waals surface area contributed by atoms with E-state index in [9.17, 15) is 24.0 Å². The van der Waals surface area contributed by atoms with Crippen LogP contribution in [-0.2, 0) is 24.0 Å². The first-order chi connectivity index (χ1) is 21.8. The van der Waals surface area contributed by atoms with Gasteiger partial charge in [-0.25, -0.2) is 0 Å². The molecule has 2 atom stereocenters. The molecule has 9 nitrogen and oxygen atoms in total.